The Morgan fingerprint density at radius 1 is 1.12 bits per heavy atom. The maximum absolute atomic E-state index is 13.0. The van der Waals surface area contributed by atoms with Gasteiger partial charge < -0.3 is 10.6 Å². The van der Waals surface area contributed by atoms with Gasteiger partial charge in [-0.3, -0.25) is 24.6 Å². The number of aromatic nitrogens is 1. The van der Waals surface area contributed by atoms with E-state index in [1.807, 2.05) is 24.3 Å². The first-order chi connectivity index (χ1) is 16.5. The SMILES string of the molecule is Nc1cc(CN2CCC(C#Cc3cccc4c3CN(C3CCC(=O)NC3=O)C4=O)CC2)ccn1. The number of nitrogen functional groups attached to an aromatic ring is 1. The molecule has 0 spiro atoms. The summed E-state index contributed by atoms with van der Waals surface area (Å²) in [4.78, 5) is 44.8. The molecule has 1 unspecified atom stereocenters. The van der Waals surface area contributed by atoms with Crippen LogP contribution in [0, 0.1) is 17.8 Å². The van der Waals surface area contributed by atoms with Gasteiger partial charge in [0, 0.05) is 42.8 Å². The number of nitrogens with zero attached hydrogens (tertiary/aromatic N) is 3. The normalized spacial score (nSPS) is 21.1. The summed E-state index contributed by atoms with van der Waals surface area (Å²) in [7, 11) is 0. The minimum atomic E-state index is -0.613. The van der Waals surface area contributed by atoms with Crippen LogP contribution in [0.15, 0.2) is 36.5 Å². The van der Waals surface area contributed by atoms with E-state index in [-0.39, 0.29) is 18.2 Å². The number of carbonyl (C=O) groups excluding carboxylic acids is 3. The van der Waals surface area contributed by atoms with Gasteiger partial charge in [-0.15, -0.1) is 0 Å². The second-order valence-corrected chi connectivity index (χ2v) is 9.14. The van der Waals surface area contributed by atoms with E-state index in [2.05, 4.69) is 27.0 Å². The Kier molecular flexibility index (Phi) is 6.03. The summed E-state index contributed by atoms with van der Waals surface area (Å²) >= 11 is 0. The average molecular weight is 458 g/mol. The van der Waals surface area contributed by atoms with Crippen molar-refractivity contribution in [1.29, 1.82) is 0 Å². The number of anilines is 1. The first kappa shape index (κ1) is 22.1. The van der Waals surface area contributed by atoms with Crippen molar-refractivity contribution < 1.29 is 14.4 Å². The van der Waals surface area contributed by atoms with Gasteiger partial charge in [-0.2, -0.15) is 0 Å². The molecule has 1 aromatic carbocycles. The number of nitrogens with two attached hydrogens (primary N) is 1. The lowest BCUT2D eigenvalue weighted by molar-refractivity contribution is -0.136. The molecule has 0 bridgehead atoms. The molecule has 2 aromatic rings. The van der Waals surface area contributed by atoms with Crippen molar-refractivity contribution in [3.63, 3.8) is 0 Å². The second-order valence-electron chi connectivity index (χ2n) is 9.14. The molecule has 5 rings (SSSR count). The van der Waals surface area contributed by atoms with Crippen LogP contribution in [-0.2, 0) is 22.7 Å². The molecular weight excluding hydrogens is 430 g/mol. The molecule has 8 nitrogen and oxygen atoms in total. The largest absolute Gasteiger partial charge is 0.384 e. The highest BCUT2D eigenvalue weighted by molar-refractivity contribution is 6.05. The second kappa shape index (κ2) is 9.27. The van der Waals surface area contributed by atoms with Crippen molar-refractivity contribution >= 4 is 23.5 Å². The number of fused-ring (bicyclic) bond motifs is 1. The van der Waals surface area contributed by atoms with Gasteiger partial charge in [0.2, 0.25) is 11.8 Å². The topological polar surface area (TPSA) is 109 Å². The molecule has 0 radical (unpaired) electrons. The molecule has 0 aliphatic carbocycles. The zero-order chi connectivity index (χ0) is 23.7. The number of pyridine rings is 1. The van der Waals surface area contributed by atoms with Crippen LogP contribution in [0.3, 0.4) is 0 Å². The molecule has 3 N–H and O–H groups in total. The molecule has 2 saturated heterocycles. The molecule has 3 aliphatic heterocycles. The number of hydrogen-bond donors (Lipinski definition) is 2. The van der Waals surface area contributed by atoms with Gasteiger partial charge in [0.05, 0.1) is 0 Å². The van der Waals surface area contributed by atoms with E-state index in [9.17, 15) is 14.4 Å². The van der Waals surface area contributed by atoms with E-state index in [1.165, 1.54) is 5.56 Å². The summed E-state index contributed by atoms with van der Waals surface area (Å²) in [6, 6.07) is 8.88. The van der Waals surface area contributed by atoms with Crippen LogP contribution in [0.4, 0.5) is 5.82 Å². The summed E-state index contributed by atoms with van der Waals surface area (Å²) in [5.74, 6) is 6.75. The Morgan fingerprint density at radius 2 is 1.94 bits per heavy atom. The van der Waals surface area contributed by atoms with Gasteiger partial charge in [-0.1, -0.05) is 17.9 Å². The van der Waals surface area contributed by atoms with Crippen molar-refractivity contribution in [2.45, 2.75) is 44.8 Å². The van der Waals surface area contributed by atoms with E-state index in [0.29, 0.717) is 30.3 Å². The number of hydrogen-bond acceptors (Lipinski definition) is 6. The number of nitrogens with one attached hydrogen (secondary N) is 1. The minimum Gasteiger partial charge on any atom is -0.384 e. The predicted octanol–water partition coefficient (Wildman–Crippen LogP) is 1.69. The molecule has 0 saturated carbocycles. The van der Waals surface area contributed by atoms with Gasteiger partial charge in [0.1, 0.15) is 11.9 Å². The van der Waals surface area contributed by atoms with Crippen LogP contribution in [0.5, 0.6) is 0 Å². The Morgan fingerprint density at radius 3 is 2.71 bits per heavy atom. The van der Waals surface area contributed by atoms with Crippen LogP contribution >= 0.6 is 0 Å². The first-order valence-corrected chi connectivity index (χ1v) is 11.7. The minimum absolute atomic E-state index is 0.168. The van der Waals surface area contributed by atoms with E-state index in [4.69, 9.17) is 5.73 Å². The lowest BCUT2D eigenvalue weighted by Crippen LogP contribution is -2.52. The monoisotopic (exact) mass is 457 g/mol. The number of benzene rings is 1. The lowest BCUT2D eigenvalue weighted by Gasteiger charge is -2.29. The third-order valence-corrected chi connectivity index (χ3v) is 6.83. The van der Waals surface area contributed by atoms with Gasteiger partial charge in [-0.05, 0) is 67.7 Å². The molecule has 4 heterocycles. The van der Waals surface area contributed by atoms with Crippen LogP contribution in [-0.4, -0.2) is 51.6 Å². The number of likely N-dealkylation sites (tertiary alicyclic amines) is 1. The quantitative estimate of drug-likeness (QED) is 0.536. The average Bonchev–Trinajstić information content (AvgIpc) is 3.15. The maximum Gasteiger partial charge on any atom is 0.255 e. The highest BCUT2D eigenvalue weighted by Crippen LogP contribution is 2.29. The molecule has 8 heteroatoms. The maximum atomic E-state index is 13.0. The number of amides is 3. The van der Waals surface area contributed by atoms with Gasteiger partial charge >= 0.3 is 0 Å². The van der Waals surface area contributed by atoms with E-state index >= 15 is 0 Å². The highest BCUT2D eigenvalue weighted by Gasteiger charge is 2.39. The Labute approximate surface area is 198 Å². The summed E-state index contributed by atoms with van der Waals surface area (Å²) in [5, 5.41) is 2.34. The summed E-state index contributed by atoms with van der Waals surface area (Å²) in [6.07, 6.45) is 4.33. The molecule has 34 heavy (non-hydrogen) atoms. The zero-order valence-electron chi connectivity index (χ0n) is 18.9. The molecular formula is C26H27N5O3. The van der Waals surface area contributed by atoms with Crippen LogP contribution in [0.2, 0.25) is 0 Å². The van der Waals surface area contributed by atoms with Gasteiger partial charge in [0.25, 0.3) is 5.91 Å². The van der Waals surface area contributed by atoms with E-state index in [0.717, 1.165) is 43.6 Å². The smallest absolute Gasteiger partial charge is 0.255 e. The standard InChI is InChI=1S/C26H27N5O3/c27-23-14-18(8-11-28-23)15-30-12-9-17(10-13-30)4-5-19-2-1-3-20-21(19)16-31(26(20)34)22-6-7-24(32)29-25(22)33/h1-3,8,11,14,17,22H,6-7,9-10,12-13,15-16H2,(H2,27,28)(H,29,32,33). The number of carbonyl (C=O) groups is 3. The van der Waals surface area contributed by atoms with Crippen LogP contribution < -0.4 is 11.1 Å². The van der Waals surface area contributed by atoms with Crippen molar-refractivity contribution in [2.24, 2.45) is 5.92 Å². The van der Waals surface area contributed by atoms with Crippen molar-refractivity contribution in [1.82, 2.24) is 20.1 Å². The van der Waals surface area contributed by atoms with E-state index in [1.54, 1.807) is 17.2 Å². The number of rotatable bonds is 3. The van der Waals surface area contributed by atoms with E-state index < -0.39 is 11.9 Å². The summed E-state index contributed by atoms with van der Waals surface area (Å²) < 4.78 is 0. The van der Waals surface area contributed by atoms with Crippen molar-refractivity contribution in [3.8, 4) is 11.8 Å². The Bertz CT molecular complexity index is 1210. The first-order valence-electron chi connectivity index (χ1n) is 11.7. The Balaban J connectivity index is 1.23. The zero-order valence-corrected chi connectivity index (χ0v) is 18.9. The molecule has 1 aromatic heterocycles. The van der Waals surface area contributed by atoms with Crippen molar-refractivity contribution in [3.05, 3.63) is 58.8 Å². The molecule has 174 valence electrons. The van der Waals surface area contributed by atoms with Crippen molar-refractivity contribution in [2.75, 3.05) is 18.8 Å². The number of piperidine rings is 2. The summed E-state index contributed by atoms with van der Waals surface area (Å²) in [6.45, 7) is 3.14. The molecule has 3 amide bonds. The van der Waals surface area contributed by atoms with Crippen LogP contribution in [0.25, 0.3) is 0 Å². The Hall–Kier alpha value is -3.70. The third kappa shape index (κ3) is 4.52. The fourth-order valence-corrected chi connectivity index (χ4v) is 4.97. The fourth-order valence-electron chi connectivity index (χ4n) is 4.97. The molecule has 3 aliphatic rings. The third-order valence-electron chi connectivity index (χ3n) is 6.83. The summed E-state index contributed by atoms with van der Waals surface area (Å²) in [5.41, 5.74) is 9.27. The lowest BCUT2D eigenvalue weighted by atomic mass is 9.96. The highest BCUT2D eigenvalue weighted by atomic mass is 16.2. The van der Waals surface area contributed by atoms with Gasteiger partial charge in [0.15, 0.2) is 0 Å². The molecule has 2 fully saturated rings. The molecule has 1 atom stereocenters. The van der Waals surface area contributed by atoms with Gasteiger partial charge in [-0.25, -0.2) is 4.98 Å². The van der Waals surface area contributed by atoms with Crippen LogP contribution in [0.1, 0.15) is 52.7 Å². The predicted molar refractivity (Wildman–Crippen MR) is 126 cm³/mol. The fraction of sp³-hybridized carbons (Fsp3) is 0.385. The number of imide groups is 1.